The third-order valence-corrected chi connectivity index (χ3v) is 7.26. The number of methoxy groups -OCH3 is 1. The van der Waals surface area contributed by atoms with E-state index in [1.807, 2.05) is 6.07 Å². The molecule has 3 atom stereocenters. The molecule has 2 fully saturated rings. The molecule has 6 rings (SSSR count). The largest absolute Gasteiger partial charge is 0.493 e. The summed E-state index contributed by atoms with van der Waals surface area (Å²) < 4.78 is 24.3. The Balaban J connectivity index is 1.36. The van der Waals surface area contributed by atoms with Crippen LogP contribution in [0.15, 0.2) is 97.1 Å². The molecule has 0 N–H and O–H groups in total. The fourth-order valence-electron chi connectivity index (χ4n) is 5.23. The van der Waals surface area contributed by atoms with Crippen molar-refractivity contribution in [1.29, 1.82) is 0 Å². The van der Waals surface area contributed by atoms with Crippen molar-refractivity contribution in [1.82, 2.24) is 0 Å². The molecule has 2 saturated heterocycles. The molecule has 4 aromatic rings. The molecule has 2 heterocycles. The number of non-ortho nitro benzene ring substituents is 1. The van der Waals surface area contributed by atoms with E-state index in [9.17, 15) is 28.9 Å². The summed E-state index contributed by atoms with van der Waals surface area (Å²) in [5.74, 6) is -3.10. The zero-order chi connectivity index (χ0) is 30.2. The van der Waals surface area contributed by atoms with Gasteiger partial charge in [0.1, 0.15) is 11.7 Å². The smallest absolute Gasteiger partial charge is 0.343 e. The molecule has 2 aliphatic rings. The average molecular weight is 584 g/mol. The van der Waals surface area contributed by atoms with E-state index < -0.39 is 46.6 Å². The number of imide groups is 1. The number of nitrogens with zero attached hydrogens (tertiary/aromatic N) is 3. The van der Waals surface area contributed by atoms with Gasteiger partial charge in [0.25, 0.3) is 11.6 Å². The number of esters is 1. The Kier molecular flexibility index (Phi) is 7.04. The van der Waals surface area contributed by atoms with Crippen molar-refractivity contribution in [3.63, 3.8) is 0 Å². The van der Waals surface area contributed by atoms with Crippen LogP contribution < -0.4 is 19.4 Å². The van der Waals surface area contributed by atoms with Crippen LogP contribution >= 0.6 is 0 Å². The van der Waals surface area contributed by atoms with Crippen LogP contribution in [0, 0.1) is 21.8 Å². The van der Waals surface area contributed by atoms with E-state index in [4.69, 9.17) is 14.3 Å². The first kappa shape index (κ1) is 27.5. The van der Waals surface area contributed by atoms with Crippen LogP contribution in [0.3, 0.4) is 0 Å². The highest BCUT2D eigenvalue weighted by Crippen LogP contribution is 2.48. The number of rotatable bonds is 7. The molecule has 4 aromatic carbocycles. The van der Waals surface area contributed by atoms with E-state index >= 15 is 0 Å². The molecule has 43 heavy (non-hydrogen) atoms. The van der Waals surface area contributed by atoms with Crippen molar-refractivity contribution < 1.29 is 38.0 Å². The van der Waals surface area contributed by atoms with Gasteiger partial charge in [0, 0.05) is 12.1 Å². The standard InChI is InChI=1S/C31H22FN3O8/c1-41-25-17-19(9-16-24(25)42-31(38)18-7-10-20(32)11-8-18)27-26-28(43-34(27)22-5-3-2-4-6-22)30(37)33(29(26)36)21-12-14-23(15-13-21)35(39)40/h2-17,26-28H,1H3/t26-,27-,28+/m1/s1. The second kappa shape index (κ2) is 11.0. The number of carbonyl (C=O) groups is 3. The van der Waals surface area contributed by atoms with Gasteiger partial charge in [-0.2, -0.15) is 0 Å². The molecule has 11 nitrogen and oxygen atoms in total. The second-order valence-corrected chi connectivity index (χ2v) is 9.75. The van der Waals surface area contributed by atoms with E-state index in [1.54, 1.807) is 36.4 Å². The topological polar surface area (TPSA) is 129 Å². The molecule has 2 aliphatic heterocycles. The van der Waals surface area contributed by atoms with Crippen molar-refractivity contribution in [3.8, 4) is 11.5 Å². The minimum absolute atomic E-state index is 0.0867. The van der Waals surface area contributed by atoms with Gasteiger partial charge in [-0.15, -0.1) is 0 Å². The highest BCUT2D eigenvalue weighted by molar-refractivity contribution is 6.24. The number of hydroxylamine groups is 1. The summed E-state index contributed by atoms with van der Waals surface area (Å²) >= 11 is 0. The monoisotopic (exact) mass is 583 g/mol. The van der Waals surface area contributed by atoms with E-state index in [2.05, 4.69) is 0 Å². The molecule has 12 heteroatoms. The molecule has 0 aromatic heterocycles. The molecule has 216 valence electrons. The van der Waals surface area contributed by atoms with E-state index in [0.717, 1.165) is 17.0 Å². The number of hydrogen-bond acceptors (Lipinski definition) is 9. The molecule has 0 spiro atoms. The predicted octanol–water partition coefficient (Wildman–Crippen LogP) is 5.01. The first-order valence-electron chi connectivity index (χ1n) is 13.1. The molecular formula is C31H22FN3O8. The zero-order valence-electron chi connectivity index (χ0n) is 22.5. The molecular weight excluding hydrogens is 561 g/mol. The number of anilines is 2. The quantitative estimate of drug-likeness (QED) is 0.0969. The van der Waals surface area contributed by atoms with E-state index in [-0.39, 0.29) is 28.4 Å². The Hall–Kier alpha value is -5.62. The number of ether oxygens (including phenoxy) is 2. The Morgan fingerprint density at radius 3 is 2.23 bits per heavy atom. The van der Waals surface area contributed by atoms with E-state index in [1.165, 1.54) is 54.6 Å². The number of benzene rings is 4. The van der Waals surface area contributed by atoms with Crippen LogP contribution in [0.2, 0.25) is 0 Å². The van der Waals surface area contributed by atoms with Crippen LogP contribution in [-0.4, -0.2) is 35.9 Å². The van der Waals surface area contributed by atoms with Gasteiger partial charge >= 0.3 is 5.97 Å². The Morgan fingerprint density at radius 2 is 1.58 bits per heavy atom. The molecule has 0 saturated carbocycles. The minimum Gasteiger partial charge on any atom is -0.493 e. The molecule has 0 aliphatic carbocycles. The summed E-state index contributed by atoms with van der Waals surface area (Å²) in [7, 11) is 1.39. The number of amides is 2. The summed E-state index contributed by atoms with van der Waals surface area (Å²) in [4.78, 5) is 57.7. The summed E-state index contributed by atoms with van der Waals surface area (Å²) in [6.07, 6.45) is -1.17. The third-order valence-electron chi connectivity index (χ3n) is 7.26. The Labute approximate surface area is 243 Å². The molecule has 0 radical (unpaired) electrons. The number of carbonyl (C=O) groups excluding carboxylic acids is 3. The van der Waals surface area contributed by atoms with Crippen molar-refractivity contribution in [2.24, 2.45) is 5.92 Å². The fraction of sp³-hybridized carbons (Fsp3) is 0.129. The lowest BCUT2D eigenvalue weighted by Gasteiger charge is -2.29. The summed E-state index contributed by atoms with van der Waals surface area (Å²) in [5.41, 5.74) is 1.26. The highest BCUT2D eigenvalue weighted by atomic mass is 19.1. The van der Waals surface area contributed by atoms with Crippen LogP contribution in [0.5, 0.6) is 11.5 Å². The van der Waals surface area contributed by atoms with Crippen molar-refractivity contribution in [3.05, 3.63) is 124 Å². The summed E-state index contributed by atoms with van der Waals surface area (Å²) in [6, 6.07) is 22.8. The fourth-order valence-corrected chi connectivity index (χ4v) is 5.23. The molecule has 0 unspecified atom stereocenters. The van der Waals surface area contributed by atoms with Gasteiger partial charge in [-0.1, -0.05) is 24.3 Å². The van der Waals surface area contributed by atoms with Crippen LogP contribution in [0.25, 0.3) is 0 Å². The lowest BCUT2D eigenvalue weighted by Crippen LogP contribution is -2.37. The SMILES string of the molecule is COc1cc([C@@H]2[C@H]3C(=O)N(c4ccc([N+](=O)[O-])cc4)C(=O)[C@H]3ON2c2ccccc2)ccc1OC(=O)c1ccc(F)cc1. The number of nitro groups is 1. The van der Waals surface area contributed by atoms with Crippen molar-refractivity contribution in [2.45, 2.75) is 12.1 Å². The number of halogens is 1. The predicted molar refractivity (Wildman–Crippen MR) is 150 cm³/mol. The summed E-state index contributed by atoms with van der Waals surface area (Å²) in [6.45, 7) is 0. The molecule has 0 bridgehead atoms. The lowest BCUT2D eigenvalue weighted by molar-refractivity contribution is -0.384. The Morgan fingerprint density at radius 1 is 0.884 bits per heavy atom. The summed E-state index contributed by atoms with van der Waals surface area (Å²) in [5, 5.41) is 12.6. The van der Waals surface area contributed by atoms with Crippen LogP contribution in [-0.2, 0) is 14.4 Å². The maximum Gasteiger partial charge on any atom is 0.343 e. The maximum absolute atomic E-state index is 13.9. The maximum atomic E-state index is 13.9. The van der Waals surface area contributed by atoms with E-state index in [0.29, 0.717) is 11.3 Å². The van der Waals surface area contributed by atoms with Gasteiger partial charge in [0.2, 0.25) is 5.91 Å². The second-order valence-electron chi connectivity index (χ2n) is 9.75. The van der Waals surface area contributed by atoms with Crippen LogP contribution in [0.1, 0.15) is 22.0 Å². The minimum atomic E-state index is -1.17. The van der Waals surface area contributed by atoms with Gasteiger partial charge in [0.05, 0.1) is 35.0 Å². The first-order valence-corrected chi connectivity index (χ1v) is 13.1. The van der Waals surface area contributed by atoms with Gasteiger partial charge in [-0.05, 0) is 66.2 Å². The van der Waals surface area contributed by atoms with Crippen LogP contribution in [0.4, 0.5) is 21.5 Å². The Bertz CT molecular complexity index is 1730. The third kappa shape index (κ3) is 4.93. The number of hydrogen-bond donors (Lipinski definition) is 0. The number of nitro benzene ring substituents is 1. The van der Waals surface area contributed by atoms with Gasteiger partial charge in [-0.3, -0.25) is 24.5 Å². The van der Waals surface area contributed by atoms with Crippen molar-refractivity contribution >= 4 is 34.8 Å². The van der Waals surface area contributed by atoms with Gasteiger partial charge in [-0.25, -0.2) is 19.1 Å². The van der Waals surface area contributed by atoms with Crippen molar-refractivity contribution in [2.75, 3.05) is 17.1 Å². The lowest BCUT2D eigenvalue weighted by atomic mass is 9.90. The number of fused-ring (bicyclic) bond motifs is 1. The highest BCUT2D eigenvalue weighted by Gasteiger charge is 2.60. The number of para-hydroxylation sites is 1. The van der Waals surface area contributed by atoms with Gasteiger partial charge in [0.15, 0.2) is 17.6 Å². The molecule has 2 amide bonds. The average Bonchev–Trinajstić information content (AvgIpc) is 3.53. The zero-order valence-corrected chi connectivity index (χ0v) is 22.5. The van der Waals surface area contributed by atoms with Gasteiger partial charge < -0.3 is 9.47 Å². The first-order chi connectivity index (χ1) is 20.8. The normalized spacial score (nSPS) is 19.3.